The highest BCUT2D eigenvalue weighted by molar-refractivity contribution is 5.99. The first-order valence-corrected chi connectivity index (χ1v) is 6.07. The van der Waals surface area contributed by atoms with Gasteiger partial charge in [0.1, 0.15) is 5.75 Å². The van der Waals surface area contributed by atoms with Crippen LogP contribution in [0.3, 0.4) is 0 Å². The standard InChI is InChI=1S/C13H21N3O3/c1-18-7-3-6-15-9-10-4-5-12(19-2)11(8-10)13(14)16-17/h4-5,8,15,17H,3,6-7,9H2,1-2H3,(H2,14,16). The average molecular weight is 267 g/mol. The van der Waals surface area contributed by atoms with Gasteiger partial charge in [0.05, 0.1) is 12.7 Å². The summed E-state index contributed by atoms with van der Waals surface area (Å²) in [7, 11) is 3.24. The topological polar surface area (TPSA) is 89.1 Å². The summed E-state index contributed by atoms with van der Waals surface area (Å²) in [5.41, 5.74) is 7.24. The molecule has 0 aliphatic rings. The van der Waals surface area contributed by atoms with Gasteiger partial charge in [0.15, 0.2) is 5.84 Å². The van der Waals surface area contributed by atoms with Gasteiger partial charge in [0.2, 0.25) is 0 Å². The molecule has 0 aromatic heterocycles. The van der Waals surface area contributed by atoms with Crippen molar-refractivity contribution in [1.29, 1.82) is 0 Å². The largest absolute Gasteiger partial charge is 0.496 e. The first-order chi connectivity index (χ1) is 9.22. The van der Waals surface area contributed by atoms with Crippen LogP contribution in [0.15, 0.2) is 23.4 Å². The van der Waals surface area contributed by atoms with Crippen molar-refractivity contribution in [3.63, 3.8) is 0 Å². The van der Waals surface area contributed by atoms with Gasteiger partial charge in [-0.25, -0.2) is 0 Å². The van der Waals surface area contributed by atoms with Gasteiger partial charge in [-0.15, -0.1) is 0 Å². The Hall–Kier alpha value is -1.79. The second-order valence-corrected chi connectivity index (χ2v) is 4.04. The van der Waals surface area contributed by atoms with Crippen molar-refractivity contribution in [3.8, 4) is 5.75 Å². The first-order valence-electron chi connectivity index (χ1n) is 6.07. The number of nitrogens with zero attached hydrogens (tertiary/aromatic N) is 1. The molecule has 0 fully saturated rings. The van der Waals surface area contributed by atoms with Crippen LogP contribution in [-0.4, -0.2) is 38.4 Å². The number of methoxy groups -OCH3 is 2. The second-order valence-electron chi connectivity index (χ2n) is 4.04. The number of oxime groups is 1. The van der Waals surface area contributed by atoms with Crippen LogP contribution in [0.1, 0.15) is 17.5 Å². The van der Waals surface area contributed by atoms with Gasteiger partial charge in [-0.05, 0) is 30.7 Å². The number of amidine groups is 1. The lowest BCUT2D eigenvalue weighted by Crippen LogP contribution is -2.18. The monoisotopic (exact) mass is 267 g/mol. The van der Waals surface area contributed by atoms with Gasteiger partial charge in [0, 0.05) is 20.3 Å². The molecule has 1 aromatic carbocycles. The van der Waals surface area contributed by atoms with Gasteiger partial charge in [-0.1, -0.05) is 11.2 Å². The Balaban J connectivity index is 2.65. The third kappa shape index (κ3) is 4.76. The maximum absolute atomic E-state index is 8.75. The zero-order valence-corrected chi connectivity index (χ0v) is 11.3. The van der Waals surface area contributed by atoms with Gasteiger partial charge < -0.3 is 25.7 Å². The molecule has 4 N–H and O–H groups in total. The summed E-state index contributed by atoms with van der Waals surface area (Å²) >= 11 is 0. The van der Waals surface area contributed by atoms with E-state index < -0.39 is 0 Å². The number of ether oxygens (including phenoxy) is 2. The van der Waals surface area contributed by atoms with Gasteiger partial charge in [-0.2, -0.15) is 0 Å². The quantitative estimate of drug-likeness (QED) is 0.214. The van der Waals surface area contributed by atoms with Crippen LogP contribution >= 0.6 is 0 Å². The molecule has 1 rings (SSSR count). The zero-order valence-electron chi connectivity index (χ0n) is 11.3. The average Bonchev–Trinajstić information content (AvgIpc) is 2.46. The highest BCUT2D eigenvalue weighted by atomic mass is 16.5. The molecule has 0 bridgehead atoms. The predicted molar refractivity (Wildman–Crippen MR) is 73.7 cm³/mol. The minimum Gasteiger partial charge on any atom is -0.496 e. The SMILES string of the molecule is COCCCNCc1ccc(OC)c(C(N)=NO)c1. The van der Waals surface area contributed by atoms with Crippen molar-refractivity contribution in [2.24, 2.45) is 10.9 Å². The van der Waals surface area contributed by atoms with E-state index in [2.05, 4.69) is 10.5 Å². The molecular formula is C13H21N3O3. The third-order valence-corrected chi connectivity index (χ3v) is 2.68. The molecule has 6 nitrogen and oxygen atoms in total. The normalized spacial score (nSPS) is 11.6. The molecule has 19 heavy (non-hydrogen) atoms. The Morgan fingerprint density at radius 2 is 2.21 bits per heavy atom. The maximum Gasteiger partial charge on any atom is 0.173 e. The molecule has 0 aliphatic carbocycles. The predicted octanol–water partition coefficient (Wildman–Crippen LogP) is 0.916. The van der Waals surface area contributed by atoms with Crippen molar-refractivity contribution in [1.82, 2.24) is 5.32 Å². The lowest BCUT2D eigenvalue weighted by molar-refractivity contribution is 0.194. The van der Waals surface area contributed by atoms with E-state index in [1.807, 2.05) is 12.1 Å². The Morgan fingerprint density at radius 3 is 2.84 bits per heavy atom. The fourth-order valence-corrected chi connectivity index (χ4v) is 1.69. The van der Waals surface area contributed by atoms with Gasteiger partial charge >= 0.3 is 0 Å². The van der Waals surface area contributed by atoms with E-state index in [-0.39, 0.29) is 5.84 Å². The van der Waals surface area contributed by atoms with Crippen LogP contribution in [0.4, 0.5) is 0 Å². The number of rotatable bonds is 8. The van der Waals surface area contributed by atoms with Crippen LogP contribution in [0, 0.1) is 0 Å². The lowest BCUT2D eigenvalue weighted by atomic mass is 10.1. The third-order valence-electron chi connectivity index (χ3n) is 2.68. The van der Waals surface area contributed by atoms with E-state index in [0.29, 0.717) is 17.9 Å². The minimum absolute atomic E-state index is 0.0399. The van der Waals surface area contributed by atoms with Crippen LogP contribution in [0.2, 0.25) is 0 Å². The molecule has 0 heterocycles. The van der Waals surface area contributed by atoms with E-state index in [4.69, 9.17) is 20.4 Å². The molecule has 0 amide bonds. The Bertz CT molecular complexity index is 422. The number of hydrogen-bond donors (Lipinski definition) is 3. The Morgan fingerprint density at radius 1 is 1.42 bits per heavy atom. The summed E-state index contributed by atoms with van der Waals surface area (Å²) in [6.07, 6.45) is 0.958. The number of benzene rings is 1. The van der Waals surface area contributed by atoms with E-state index in [9.17, 15) is 0 Å². The molecule has 0 atom stereocenters. The van der Waals surface area contributed by atoms with Crippen molar-refractivity contribution < 1.29 is 14.7 Å². The molecule has 0 saturated heterocycles. The zero-order chi connectivity index (χ0) is 14.1. The van der Waals surface area contributed by atoms with Gasteiger partial charge in [0.25, 0.3) is 0 Å². The molecule has 0 aliphatic heterocycles. The summed E-state index contributed by atoms with van der Waals surface area (Å²) in [5.74, 6) is 0.622. The number of nitrogens with two attached hydrogens (primary N) is 1. The van der Waals surface area contributed by atoms with E-state index >= 15 is 0 Å². The maximum atomic E-state index is 8.75. The molecule has 106 valence electrons. The van der Waals surface area contributed by atoms with Gasteiger partial charge in [-0.3, -0.25) is 0 Å². The van der Waals surface area contributed by atoms with Crippen molar-refractivity contribution in [3.05, 3.63) is 29.3 Å². The first kappa shape index (κ1) is 15.3. The van der Waals surface area contributed by atoms with Crippen molar-refractivity contribution >= 4 is 5.84 Å². The summed E-state index contributed by atoms with van der Waals surface area (Å²) in [5, 5.41) is 15.1. The van der Waals surface area contributed by atoms with E-state index in [1.54, 1.807) is 20.3 Å². The summed E-state index contributed by atoms with van der Waals surface area (Å²) in [6.45, 7) is 2.32. The number of hydrogen-bond acceptors (Lipinski definition) is 5. The summed E-state index contributed by atoms with van der Waals surface area (Å²) in [4.78, 5) is 0. The fourth-order valence-electron chi connectivity index (χ4n) is 1.69. The summed E-state index contributed by atoms with van der Waals surface area (Å²) < 4.78 is 10.1. The van der Waals surface area contributed by atoms with Crippen LogP contribution < -0.4 is 15.8 Å². The molecule has 0 radical (unpaired) electrons. The fraction of sp³-hybridized carbons (Fsp3) is 0.462. The second kappa shape index (κ2) is 8.34. The van der Waals surface area contributed by atoms with Crippen molar-refractivity contribution in [2.75, 3.05) is 27.4 Å². The van der Waals surface area contributed by atoms with Crippen molar-refractivity contribution in [2.45, 2.75) is 13.0 Å². The highest BCUT2D eigenvalue weighted by Crippen LogP contribution is 2.19. The minimum atomic E-state index is 0.0399. The molecular weight excluding hydrogens is 246 g/mol. The molecule has 0 saturated carbocycles. The van der Waals surface area contributed by atoms with Crippen LogP contribution in [0.25, 0.3) is 0 Å². The lowest BCUT2D eigenvalue weighted by Gasteiger charge is -2.10. The van der Waals surface area contributed by atoms with E-state index in [0.717, 1.165) is 25.1 Å². The summed E-state index contributed by atoms with van der Waals surface area (Å²) in [6, 6.07) is 5.59. The molecule has 1 aromatic rings. The molecule has 6 heteroatoms. The van der Waals surface area contributed by atoms with Crippen LogP contribution in [-0.2, 0) is 11.3 Å². The smallest absolute Gasteiger partial charge is 0.173 e. The molecule has 0 spiro atoms. The van der Waals surface area contributed by atoms with E-state index in [1.165, 1.54) is 0 Å². The molecule has 0 unspecified atom stereocenters. The Kier molecular flexibility index (Phi) is 6.70. The Labute approximate surface area is 113 Å². The number of nitrogens with one attached hydrogen (secondary N) is 1. The highest BCUT2D eigenvalue weighted by Gasteiger charge is 2.08. The van der Waals surface area contributed by atoms with Crippen LogP contribution in [0.5, 0.6) is 5.75 Å².